The van der Waals surface area contributed by atoms with Gasteiger partial charge in [0.2, 0.25) is 10.9 Å². The van der Waals surface area contributed by atoms with Gasteiger partial charge in [-0.3, -0.25) is 29.3 Å². The molecule has 7 nitrogen and oxygen atoms in total. The summed E-state index contributed by atoms with van der Waals surface area (Å²) < 4.78 is -0.0860. The second kappa shape index (κ2) is 5.37. The number of hydrogen-bond acceptors (Lipinski definition) is 7. The van der Waals surface area contributed by atoms with Crippen LogP contribution >= 0.6 is 11.3 Å². The molecule has 8 heteroatoms. The van der Waals surface area contributed by atoms with Crippen molar-refractivity contribution in [2.45, 2.75) is 0 Å². The molecule has 0 fully saturated rings. The second-order valence-electron chi connectivity index (χ2n) is 6.33. The molecule has 134 valence electrons. The predicted molar refractivity (Wildman–Crippen MR) is 108 cm³/mol. The lowest BCUT2D eigenvalue weighted by molar-refractivity contribution is -0.383. The first-order valence-electron chi connectivity index (χ1n) is 8.13. The van der Waals surface area contributed by atoms with Crippen molar-refractivity contribution in [3.05, 3.63) is 93.5 Å². The summed E-state index contributed by atoms with van der Waals surface area (Å²) in [5.41, 5.74) is -2.80. The largest absolute Gasteiger partial charge is 0.289 e. The standard InChI is InChI=1S/C20H7NO6S/c22-15-8-4-1-2-5-9(8)17(24)19-13(15)14-16(23)10-6-3-7-11(21(26)27)12(10)18(25)20(14)28-19/h1-7H. The van der Waals surface area contributed by atoms with Crippen LogP contribution in [0.2, 0.25) is 0 Å². The minimum absolute atomic E-state index is 0.0193. The van der Waals surface area contributed by atoms with Crippen LogP contribution in [0.3, 0.4) is 0 Å². The van der Waals surface area contributed by atoms with E-state index in [1.165, 1.54) is 24.3 Å². The minimum atomic E-state index is -0.728. The Kier molecular flexibility index (Phi) is 3.14. The summed E-state index contributed by atoms with van der Waals surface area (Å²) >= 11 is 0.746. The van der Waals surface area contributed by atoms with Gasteiger partial charge in [0, 0.05) is 22.2 Å². The van der Waals surface area contributed by atoms with Gasteiger partial charge < -0.3 is 0 Å². The maximum atomic E-state index is 13.1. The quantitative estimate of drug-likeness (QED) is 0.322. The summed E-state index contributed by atoms with van der Waals surface area (Å²) in [4.78, 5) is 62.6. The summed E-state index contributed by atoms with van der Waals surface area (Å²) in [6.45, 7) is 0. The van der Waals surface area contributed by atoms with E-state index in [1.807, 2.05) is 0 Å². The molecule has 5 aromatic rings. The molecular formula is C20H7NO6S. The molecule has 0 unspecified atom stereocenters. The van der Waals surface area contributed by atoms with Crippen molar-refractivity contribution in [2.24, 2.45) is 0 Å². The Labute approximate surface area is 157 Å². The third kappa shape index (κ3) is 1.87. The van der Waals surface area contributed by atoms with E-state index >= 15 is 0 Å². The third-order valence-electron chi connectivity index (χ3n) is 4.90. The predicted octanol–water partition coefficient (Wildman–Crippen LogP) is 2.59. The maximum Gasteiger partial charge on any atom is 0.281 e. The summed E-state index contributed by atoms with van der Waals surface area (Å²) in [6, 6.07) is 10.0. The summed E-state index contributed by atoms with van der Waals surface area (Å²) in [5, 5.41) is 11.0. The molecule has 0 aliphatic heterocycles. The Balaban J connectivity index is 2.20. The first-order valence-corrected chi connectivity index (χ1v) is 8.95. The molecule has 0 aliphatic carbocycles. The lowest BCUT2D eigenvalue weighted by Gasteiger charge is -1.99. The average Bonchev–Trinajstić information content (AvgIpc) is 3.11. The fraction of sp³-hybridized carbons (Fsp3) is 0. The fourth-order valence-corrected chi connectivity index (χ4v) is 4.88. The molecule has 0 radical (unpaired) electrons. The molecule has 0 N–H and O–H groups in total. The van der Waals surface area contributed by atoms with Crippen LogP contribution < -0.4 is 21.7 Å². The van der Waals surface area contributed by atoms with Crippen LogP contribution in [0, 0.1) is 10.1 Å². The highest BCUT2D eigenvalue weighted by Crippen LogP contribution is 2.30. The van der Waals surface area contributed by atoms with E-state index in [4.69, 9.17) is 0 Å². The summed E-state index contributed by atoms with van der Waals surface area (Å²) in [7, 11) is 0. The first kappa shape index (κ1) is 16.4. The van der Waals surface area contributed by atoms with E-state index in [9.17, 15) is 29.3 Å². The second-order valence-corrected chi connectivity index (χ2v) is 7.35. The Morgan fingerprint density at radius 3 is 1.82 bits per heavy atom. The third-order valence-corrected chi connectivity index (χ3v) is 6.09. The Bertz CT molecular complexity index is 1720. The van der Waals surface area contributed by atoms with Gasteiger partial charge in [0.1, 0.15) is 5.39 Å². The van der Waals surface area contributed by atoms with Gasteiger partial charge in [-0.15, -0.1) is 11.3 Å². The molecule has 5 rings (SSSR count). The van der Waals surface area contributed by atoms with E-state index in [1.54, 1.807) is 12.1 Å². The zero-order valence-electron chi connectivity index (χ0n) is 13.8. The van der Waals surface area contributed by atoms with Gasteiger partial charge in [-0.2, -0.15) is 0 Å². The van der Waals surface area contributed by atoms with Crippen LogP contribution in [0.15, 0.2) is 61.6 Å². The van der Waals surface area contributed by atoms with Gasteiger partial charge >= 0.3 is 0 Å². The highest BCUT2D eigenvalue weighted by Gasteiger charge is 2.25. The van der Waals surface area contributed by atoms with Gasteiger partial charge in [-0.1, -0.05) is 30.3 Å². The lowest BCUT2D eigenvalue weighted by Crippen LogP contribution is -2.15. The van der Waals surface area contributed by atoms with E-state index in [0.717, 1.165) is 17.4 Å². The molecule has 0 saturated carbocycles. The monoisotopic (exact) mass is 389 g/mol. The number of benzene rings is 4. The number of non-ortho nitro benzene ring substituents is 1. The van der Waals surface area contributed by atoms with Gasteiger partial charge in [0.15, 0.2) is 10.9 Å². The summed E-state index contributed by atoms with van der Waals surface area (Å²) in [5.74, 6) is 0. The summed E-state index contributed by atoms with van der Waals surface area (Å²) in [6.07, 6.45) is 0. The van der Waals surface area contributed by atoms with Crippen LogP contribution in [0.25, 0.3) is 41.7 Å². The zero-order chi connectivity index (χ0) is 19.7. The molecule has 1 heterocycles. The van der Waals surface area contributed by atoms with Gasteiger partial charge in [-0.25, -0.2) is 0 Å². The number of rotatable bonds is 1. The smallest absolute Gasteiger partial charge is 0.281 e. The molecule has 0 saturated heterocycles. The average molecular weight is 389 g/mol. The number of hydrogen-bond donors (Lipinski definition) is 0. The van der Waals surface area contributed by atoms with Crippen molar-refractivity contribution in [1.29, 1.82) is 0 Å². The van der Waals surface area contributed by atoms with Crippen LogP contribution in [0.4, 0.5) is 5.69 Å². The topological polar surface area (TPSA) is 111 Å². The lowest BCUT2D eigenvalue weighted by atomic mass is 10.0. The van der Waals surface area contributed by atoms with E-state index in [0.29, 0.717) is 0 Å². The Hall–Kier alpha value is -3.78. The maximum absolute atomic E-state index is 13.1. The molecule has 0 aliphatic rings. The highest BCUT2D eigenvalue weighted by molar-refractivity contribution is 7.25. The minimum Gasteiger partial charge on any atom is -0.289 e. The van der Waals surface area contributed by atoms with Crippen molar-refractivity contribution in [3.63, 3.8) is 0 Å². The van der Waals surface area contributed by atoms with Gasteiger partial charge in [-0.05, 0) is 6.07 Å². The van der Waals surface area contributed by atoms with E-state index < -0.39 is 32.3 Å². The van der Waals surface area contributed by atoms with Crippen LogP contribution in [0.1, 0.15) is 0 Å². The SMILES string of the molecule is O=c1c2ccccc2c(=O)c2c1sc1c(=O)c3c([N+](=O)[O-])cccc3c(=O)c12. The number of nitro groups is 1. The Morgan fingerprint density at radius 1 is 0.643 bits per heavy atom. The van der Waals surface area contributed by atoms with Crippen molar-refractivity contribution in [1.82, 2.24) is 0 Å². The van der Waals surface area contributed by atoms with Gasteiger partial charge in [0.25, 0.3) is 5.69 Å². The number of thiophene rings is 1. The van der Waals surface area contributed by atoms with Gasteiger partial charge in [0.05, 0.1) is 25.1 Å². The van der Waals surface area contributed by atoms with Crippen molar-refractivity contribution >= 4 is 58.7 Å². The van der Waals surface area contributed by atoms with E-state index in [2.05, 4.69) is 0 Å². The molecule has 0 bridgehead atoms. The van der Waals surface area contributed by atoms with Crippen LogP contribution in [-0.4, -0.2) is 4.92 Å². The fourth-order valence-electron chi connectivity index (χ4n) is 3.69. The van der Waals surface area contributed by atoms with Crippen molar-refractivity contribution in [3.8, 4) is 0 Å². The molecule has 0 atom stereocenters. The first-order chi connectivity index (χ1) is 13.4. The molecular weight excluding hydrogens is 382 g/mol. The van der Waals surface area contributed by atoms with Crippen molar-refractivity contribution < 1.29 is 4.92 Å². The van der Waals surface area contributed by atoms with E-state index in [-0.39, 0.29) is 41.7 Å². The molecule has 28 heavy (non-hydrogen) atoms. The molecule has 0 spiro atoms. The number of nitrogens with zero attached hydrogens (tertiary/aromatic N) is 1. The normalized spacial score (nSPS) is 11.7. The van der Waals surface area contributed by atoms with Crippen LogP contribution in [-0.2, 0) is 0 Å². The van der Waals surface area contributed by atoms with Crippen LogP contribution in [0.5, 0.6) is 0 Å². The van der Waals surface area contributed by atoms with Crippen molar-refractivity contribution in [2.75, 3.05) is 0 Å². The molecule has 4 aromatic carbocycles. The zero-order valence-corrected chi connectivity index (χ0v) is 14.7. The number of nitro benzene ring substituents is 1. The Morgan fingerprint density at radius 2 is 1.18 bits per heavy atom. The highest BCUT2D eigenvalue weighted by atomic mass is 32.1. The number of fused-ring (bicyclic) bond motifs is 5. The molecule has 0 amide bonds. The molecule has 1 aromatic heterocycles.